The summed E-state index contributed by atoms with van der Waals surface area (Å²) in [6.45, 7) is 0. The van der Waals surface area contributed by atoms with Gasteiger partial charge in [-0.05, 0) is 42.0 Å². The zero-order chi connectivity index (χ0) is 19.8. The number of para-hydroxylation sites is 2. The molecule has 0 aliphatic heterocycles. The number of halogens is 1. The number of nitrogens with one attached hydrogen (secondary N) is 4. The lowest BCUT2D eigenvalue weighted by Gasteiger charge is -2.21. The van der Waals surface area contributed by atoms with Gasteiger partial charge in [0.05, 0.1) is 0 Å². The minimum Gasteiger partial charge on any atom is -0.314 e. The van der Waals surface area contributed by atoms with Crippen molar-refractivity contribution in [3.63, 3.8) is 0 Å². The van der Waals surface area contributed by atoms with Crippen molar-refractivity contribution in [1.82, 2.24) is 10.6 Å². The molecule has 3 aromatic carbocycles. The van der Waals surface area contributed by atoms with Gasteiger partial charge in [0.2, 0.25) is 0 Å². The molecule has 7 heteroatoms. The number of carbonyl (C=O) groups excluding carboxylic acids is 2. The third-order valence-corrected chi connectivity index (χ3v) is 4.07. The van der Waals surface area contributed by atoms with Gasteiger partial charge in [0.25, 0.3) is 0 Å². The van der Waals surface area contributed by atoms with Crippen LogP contribution in [0.15, 0.2) is 84.9 Å². The lowest BCUT2D eigenvalue weighted by atomic mass is 10.1. The van der Waals surface area contributed by atoms with Gasteiger partial charge >= 0.3 is 12.1 Å². The molecule has 0 aromatic heterocycles. The summed E-state index contributed by atoms with van der Waals surface area (Å²) in [5.41, 5.74) is 1.96. The summed E-state index contributed by atoms with van der Waals surface area (Å²) >= 11 is 5.94. The summed E-state index contributed by atoms with van der Waals surface area (Å²) in [6, 6.07) is 24.0. The maximum Gasteiger partial charge on any atom is 0.321 e. The Labute approximate surface area is 167 Å². The highest BCUT2D eigenvalue weighted by Crippen LogP contribution is 2.16. The molecule has 0 saturated carbocycles. The van der Waals surface area contributed by atoms with Crippen molar-refractivity contribution >= 4 is 35.0 Å². The lowest BCUT2D eigenvalue weighted by Crippen LogP contribution is -2.44. The van der Waals surface area contributed by atoms with Crippen LogP contribution in [0.5, 0.6) is 0 Å². The van der Waals surface area contributed by atoms with Gasteiger partial charge in [-0.2, -0.15) is 0 Å². The van der Waals surface area contributed by atoms with E-state index in [0.717, 1.165) is 0 Å². The van der Waals surface area contributed by atoms with E-state index < -0.39 is 18.2 Å². The fraction of sp³-hybridized carbons (Fsp3) is 0.0476. The van der Waals surface area contributed by atoms with E-state index in [9.17, 15) is 9.59 Å². The first-order chi connectivity index (χ1) is 13.6. The molecule has 0 fully saturated rings. The van der Waals surface area contributed by atoms with Crippen LogP contribution in [-0.4, -0.2) is 12.1 Å². The summed E-state index contributed by atoms with van der Waals surface area (Å²) < 4.78 is 0. The van der Waals surface area contributed by atoms with Crippen molar-refractivity contribution in [1.29, 1.82) is 0 Å². The average Bonchev–Trinajstić information content (AvgIpc) is 2.69. The number of carbonyl (C=O) groups is 2. The smallest absolute Gasteiger partial charge is 0.314 e. The Morgan fingerprint density at radius 3 is 1.50 bits per heavy atom. The zero-order valence-corrected chi connectivity index (χ0v) is 15.6. The Morgan fingerprint density at radius 1 is 0.643 bits per heavy atom. The summed E-state index contributed by atoms with van der Waals surface area (Å²) in [6.07, 6.45) is -0.760. The quantitative estimate of drug-likeness (QED) is 0.460. The molecule has 0 saturated heterocycles. The lowest BCUT2D eigenvalue weighted by molar-refractivity contribution is 0.238. The largest absolute Gasteiger partial charge is 0.321 e. The predicted molar refractivity (Wildman–Crippen MR) is 111 cm³/mol. The molecule has 28 heavy (non-hydrogen) atoms. The molecule has 0 aliphatic rings. The standard InChI is InChI=1S/C21H19ClN4O2/c22-16-13-11-15(12-14-16)19(25-20(27)23-17-7-3-1-4-8-17)26-21(28)24-18-9-5-2-6-10-18/h1-14,19H,(H2,23,25,27)(H2,24,26,28). The first-order valence-electron chi connectivity index (χ1n) is 8.61. The number of urea groups is 2. The van der Waals surface area contributed by atoms with Crippen LogP contribution in [0, 0.1) is 0 Å². The molecule has 0 atom stereocenters. The summed E-state index contributed by atoms with van der Waals surface area (Å²) in [5.74, 6) is 0. The summed E-state index contributed by atoms with van der Waals surface area (Å²) in [7, 11) is 0. The second-order valence-electron chi connectivity index (χ2n) is 5.91. The van der Waals surface area contributed by atoms with Gasteiger partial charge in [-0.25, -0.2) is 9.59 Å². The van der Waals surface area contributed by atoms with E-state index >= 15 is 0 Å². The van der Waals surface area contributed by atoms with Crippen LogP contribution in [0.2, 0.25) is 5.02 Å². The van der Waals surface area contributed by atoms with E-state index in [2.05, 4.69) is 21.3 Å². The Bertz CT molecular complexity index is 863. The Kier molecular flexibility index (Phi) is 6.49. The van der Waals surface area contributed by atoms with E-state index in [0.29, 0.717) is 22.0 Å². The average molecular weight is 395 g/mol. The third kappa shape index (κ3) is 5.75. The van der Waals surface area contributed by atoms with Crippen LogP contribution in [-0.2, 0) is 0 Å². The Morgan fingerprint density at radius 2 is 1.07 bits per heavy atom. The molecule has 0 aliphatic carbocycles. The molecule has 0 unspecified atom stereocenters. The van der Waals surface area contributed by atoms with Crippen molar-refractivity contribution in [2.45, 2.75) is 6.17 Å². The van der Waals surface area contributed by atoms with E-state index in [-0.39, 0.29) is 0 Å². The van der Waals surface area contributed by atoms with Crippen LogP contribution in [0.4, 0.5) is 21.0 Å². The van der Waals surface area contributed by atoms with Crippen LogP contribution in [0.1, 0.15) is 11.7 Å². The van der Waals surface area contributed by atoms with Gasteiger partial charge in [0.15, 0.2) is 0 Å². The maximum atomic E-state index is 12.4. The number of rotatable bonds is 5. The normalized spacial score (nSPS) is 10.2. The van der Waals surface area contributed by atoms with Gasteiger partial charge in [-0.1, -0.05) is 60.1 Å². The van der Waals surface area contributed by atoms with Crippen molar-refractivity contribution in [2.75, 3.05) is 10.6 Å². The fourth-order valence-corrected chi connectivity index (χ4v) is 2.62. The number of hydrogen-bond acceptors (Lipinski definition) is 2. The minimum atomic E-state index is -0.760. The second-order valence-corrected chi connectivity index (χ2v) is 6.35. The fourth-order valence-electron chi connectivity index (χ4n) is 2.50. The molecular formula is C21H19ClN4O2. The van der Waals surface area contributed by atoms with Gasteiger partial charge in [0, 0.05) is 16.4 Å². The SMILES string of the molecule is O=C(Nc1ccccc1)NC(NC(=O)Nc1ccccc1)c1ccc(Cl)cc1. The van der Waals surface area contributed by atoms with Crippen LogP contribution in [0.3, 0.4) is 0 Å². The molecule has 0 radical (unpaired) electrons. The molecule has 3 aromatic rings. The number of benzene rings is 3. The first-order valence-corrected chi connectivity index (χ1v) is 8.98. The van der Waals surface area contributed by atoms with Crippen molar-refractivity contribution < 1.29 is 9.59 Å². The highest BCUT2D eigenvalue weighted by Gasteiger charge is 2.17. The van der Waals surface area contributed by atoms with E-state index in [1.54, 1.807) is 48.5 Å². The highest BCUT2D eigenvalue weighted by atomic mass is 35.5. The summed E-state index contributed by atoms with van der Waals surface area (Å²) in [5, 5.41) is 11.5. The number of hydrogen-bond donors (Lipinski definition) is 4. The molecule has 142 valence electrons. The number of anilines is 2. The van der Waals surface area contributed by atoms with Gasteiger partial charge in [-0.15, -0.1) is 0 Å². The van der Waals surface area contributed by atoms with Crippen molar-refractivity contribution in [2.24, 2.45) is 0 Å². The molecule has 0 bridgehead atoms. The van der Waals surface area contributed by atoms with Gasteiger partial charge < -0.3 is 21.3 Å². The monoisotopic (exact) mass is 394 g/mol. The predicted octanol–water partition coefficient (Wildman–Crippen LogP) is 4.98. The number of amides is 4. The molecule has 4 amide bonds. The van der Waals surface area contributed by atoms with Gasteiger partial charge in [-0.3, -0.25) is 0 Å². The van der Waals surface area contributed by atoms with E-state index in [1.807, 2.05) is 36.4 Å². The third-order valence-electron chi connectivity index (χ3n) is 3.82. The highest BCUT2D eigenvalue weighted by molar-refractivity contribution is 6.30. The molecule has 4 N–H and O–H groups in total. The van der Waals surface area contributed by atoms with Crippen molar-refractivity contribution in [3.05, 3.63) is 95.5 Å². The molecule has 0 heterocycles. The Hall–Kier alpha value is -3.51. The van der Waals surface area contributed by atoms with E-state index in [1.165, 1.54) is 0 Å². The molecule has 6 nitrogen and oxygen atoms in total. The van der Waals surface area contributed by atoms with Crippen LogP contribution < -0.4 is 21.3 Å². The van der Waals surface area contributed by atoms with E-state index in [4.69, 9.17) is 11.6 Å². The maximum absolute atomic E-state index is 12.4. The van der Waals surface area contributed by atoms with Crippen LogP contribution in [0.25, 0.3) is 0 Å². The summed E-state index contributed by atoms with van der Waals surface area (Å²) in [4.78, 5) is 24.8. The van der Waals surface area contributed by atoms with Crippen molar-refractivity contribution in [3.8, 4) is 0 Å². The second kappa shape index (κ2) is 9.43. The molecule has 0 spiro atoms. The minimum absolute atomic E-state index is 0.453. The Balaban J connectivity index is 1.70. The van der Waals surface area contributed by atoms with Crippen LogP contribution >= 0.6 is 11.6 Å². The molecule has 3 rings (SSSR count). The zero-order valence-electron chi connectivity index (χ0n) is 14.9. The molecular weight excluding hydrogens is 376 g/mol. The first kappa shape index (κ1) is 19.3. The topological polar surface area (TPSA) is 82.3 Å². The van der Waals surface area contributed by atoms with Gasteiger partial charge in [0.1, 0.15) is 6.17 Å².